The highest BCUT2D eigenvalue weighted by Gasteiger charge is 2.35. The number of aliphatic carboxylic acids is 1. The van der Waals surface area contributed by atoms with E-state index in [4.69, 9.17) is 66.3 Å². The minimum Gasteiger partial charge on any atom is -0.480 e. The van der Waals surface area contributed by atoms with Crippen molar-refractivity contribution in [2.24, 2.45) is 0 Å². The molecule has 0 aromatic carbocycles. The molecule has 0 spiro atoms. The van der Waals surface area contributed by atoms with Crippen molar-refractivity contribution in [3.05, 3.63) is 12.2 Å². The average Bonchev–Trinajstić information content (AvgIpc) is 1.04. The van der Waals surface area contributed by atoms with Gasteiger partial charge >= 0.3 is 53.8 Å². The fourth-order valence-corrected chi connectivity index (χ4v) is 11.2. The van der Waals surface area contributed by atoms with Gasteiger partial charge in [-0.3, -0.25) is 52.8 Å². The molecule has 1 rings (SSSR count). The second-order valence-electron chi connectivity index (χ2n) is 36.1. The number of unbranched alkanes of at least 4 members (excludes halogenated alkanes) is 2. The number of carbonyl (C=O) groups excluding carboxylic acids is 16. The molecule has 0 radical (unpaired) electrons. The first-order chi connectivity index (χ1) is 60.7. The Labute approximate surface area is 763 Å². The normalized spacial score (nSPS) is 13.5. The van der Waals surface area contributed by atoms with Gasteiger partial charge in [0.25, 0.3) is 11.8 Å². The van der Waals surface area contributed by atoms with E-state index in [0.717, 1.165) is 17.1 Å². The van der Waals surface area contributed by atoms with Gasteiger partial charge in [-0.25, -0.2) is 33.6 Å². The summed E-state index contributed by atoms with van der Waals surface area (Å²) < 4.78 is 76.8. The molecular weight excluding hydrogens is 1710 g/mol. The van der Waals surface area contributed by atoms with E-state index in [0.29, 0.717) is 25.7 Å². The first-order valence-corrected chi connectivity index (χ1v) is 44.2. The Bertz CT molecular complexity index is 3360. The Morgan fingerprint density at radius 2 is 0.608 bits per heavy atom. The summed E-state index contributed by atoms with van der Waals surface area (Å²) in [6.07, 6.45) is 2.05. The van der Waals surface area contributed by atoms with Crippen molar-refractivity contribution in [2.45, 2.75) is 291 Å². The Hall–Kier alpha value is -9.79. The minimum atomic E-state index is -1.50. The number of rotatable bonds is 67. The third-order valence-corrected chi connectivity index (χ3v) is 17.0. The molecule has 10 N–H and O–H groups in total. The predicted octanol–water partition coefficient (Wildman–Crippen LogP) is 3.27. The standard InChI is InChI=1S/C87H149N11O32/c1-82(2,3)125-73(107)33-28-63(78(113)129-86(13,14)15)95-80(115)93-61(76(111)127-84(7,8)9)24-19-21-37-88-68(102)58-123-56-54-121-52-50-119-48-46-117-44-39-90-65(99)35-42-97(70(104)30-27-60(75(109)110)92-67(101)26-23-41-98-71(105)31-32-72(98)106)43-36-66(100)91-40-45-118-47-49-120-51-53-122-55-57-124-59-69(103)89-38-22-20-25-62(77(112)128-85(10,11)12)94-81(116)96-64(79(114)130-87(16,17)18)29-34-74(108)126-83(4,5)6/h31-32,60-64H,19-30,33-59H2,1-18H3,(H,88,102)(H,89,103)(H,90,99)(H,91,100)(H,92,101)(H,109,110)(H2,93,95,115)(H2,94,96,116)/t60-,61-,62-,63-,64-/m0/s1. The number of nitrogens with zero attached hydrogens (tertiary/aromatic N) is 2. The van der Waals surface area contributed by atoms with Gasteiger partial charge in [0.15, 0.2) is 0 Å². The van der Waals surface area contributed by atoms with E-state index in [1.54, 1.807) is 125 Å². The van der Waals surface area contributed by atoms with Crippen molar-refractivity contribution in [3.63, 3.8) is 0 Å². The van der Waals surface area contributed by atoms with Crippen LogP contribution in [0.15, 0.2) is 12.2 Å². The van der Waals surface area contributed by atoms with Gasteiger partial charge in [-0.2, -0.15) is 0 Å². The lowest BCUT2D eigenvalue weighted by molar-refractivity contribution is -0.160. The van der Waals surface area contributed by atoms with Gasteiger partial charge in [-0.15, -0.1) is 0 Å². The van der Waals surface area contributed by atoms with Crippen molar-refractivity contribution < 1.29 is 153 Å². The number of carbonyl (C=O) groups is 17. The summed E-state index contributed by atoms with van der Waals surface area (Å²) in [7, 11) is 0. The van der Waals surface area contributed by atoms with Gasteiger partial charge in [0, 0.05) is 96.5 Å². The Morgan fingerprint density at radius 1 is 0.315 bits per heavy atom. The summed E-state index contributed by atoms with van der Waals surface area (Å²) in [6, 6.07) is -7.98. The van der Waals surface area contributed by atoms with Crippen molar-refractivity contribution in [2.75, 3.05) is 152 Å². The first kappa shape index (κ1) is 118. The molecule has 1 aliphatic heterocycles. The predicted molar refractivity (Wildman–Crippen MR) is 468 cm³/mol. The van der Waals surface area contributed by atoms with Crippen LogP contribution < -0.4 is 47.9 Å². The Kier molecular flexibility index (Phi) is 57.6. The van der Waals surface area contributed by atoms with E-state index in [2.05, 4.69) is 47.9 Å². The molecule has 0 aromatic rings. The summed E-state index contributed by atoms with van der Waals surface area (Å²) in [5.74, 6) is -9.62. The third-order valence-electron chi connectivity index (χ3n) is 17.0. The van der Waals surface area contributed by atoms with Crippen molar-refractivity contribution in [1.82, 2.24) is 57.7 Å². The number of esters is 6. The van der Waals surface area contributed by atoms with Crippen LogP contribution >= 0.6 is 0 Å². The van der Waals surface area contributed by atoms with Crippen LogP contribution in [-0.4, -0.2) is 331 Å². The Morgan fingerprint density at radius 3 is 0.923 bits per heavy atom. The molecule has 5 atom stereocenters. The highest BCUT2D eigenvalue weighted by atomic mass is 16.6. The number of hydrogen-bond acceptors (Lipinski definition) is 31. The van der Waals surface area contributed by atoms with Crippen LogP contribution in [0.25, 0.3) is 0 Å². The molecule has 0 saturated carbocycles. The Balaban J connectivity index is 2.54. The van der Waals surface area contributed by atoms with Crippen LogP contribution in [0.3, 0.4) is 0 Å². The molecule has 12 amide bonds. The first-order valence-electron chi connectivity index (χ1n) is 44.2. The summed E-state index contributed by atoms with van der Waals surface area (Å²) in [5, 5.41) is 33.4. The molecule has 1 heterocycles. The number of imide groups is 1. The van der Waals surface area contributed by atoms with Gasteiger partial charge in [-0.1, -0.05) is 0 Å². The van der Waals surface area contributed by atoms with E-state index in [1.165, 1.54) is 4.90 Å². The smallest absolute Gasteiger partial charge is 0.329 e. The number of urea groups is 2. The summed E-state index contributed by atoms with van der Waals surface area (Å²) in [5.41, 5.74) is -5.11. The van der Waals surface area contributed by atoms with Crippen LogP contribution in [0.5, 0.6) is 0 Å². The summed E-state index contributed by atoms with van der Waals surface area (Å²) in [4.78, 5) is 220. The van der Waals surface area contributed by atoms with E-state index in [1.807, 2.05) is 0 Å². The summed E-state index contributed by atoms with van der Waals surface area (Å²) >= 11 is 0. The molecule has 0 fully saturated rings. The molecule has 0 aliphatic carbocycles. The maximum atomic E-state index is 13.7. The molecule has 0 saturated heterocycles. The zero-order chi connectivity index (χ0) is 98.1. The van der Waals surface area contributed by atoms with Gasteiger partial charge in [-0.05, 0) is 189 Å². The highest BCUT2D eigenvalue weighted by molar-refractivity contribution is 6.13. The number of carboxylic acid groups (broad SMARTS) is 1. The zero-order valence-corrected chi connectivity index (χ0v) is 79.6. The maximum Gasteiger partial charge on any atom is 0.329 e. The zero-order valence-electron chi connectivity index (χ0n) is 79.6. The fraction of sp³-hybridized carbons (Fsp3) is 0.782. The van der Waals surface area contributed by atoms with Crippen LogP contribution in [0.1, 0.15) is 227 Å². The van der Waals surface area contributed by atoms with Crippen LogP contribution in [0.2, 0.25) is 0 Å². The second-order valence-corrected chi connectivity index (χ2v) is 36.1. The van der Waals surface area contributed by atoms with Gasteiger partial charge in [0.1, 0.15) is 77.0 Å². The van der Waals surface area contributed by atoms with Crippen molar-refractivity contribution >= 4 is 101 Å². The molecule has 0 unspecified atom stereocenters. The summed E-state index contributed by atoms with van der Waals surface area (Å²) in [6.45, 7) is 32.3. The van der Waals surface area contributed by atoms with Crippen molar-refractivity contribution in [1.29, 1.82) is 0 Å². The maximum absolute atomic E-state index is 13.7. The monoisotopic (exact) mass is 1860 g/mol. The third kappa shape index (κ3) is 64.9. The van der Waals surface area contributed by atoms with Crippen LogP contribution in [0, 0.1) is 0 Å². The lowest BCUT2D eigenvalue weighted by atomic mass is 10.1. The fourth-order valence-electron chi connectivity index (χ4n) is 11.2. The van der Waals surface area contributed by atoms with Gasteiger partial charge in [0.2, 0.25) is 35.4 Å². The van der Waals surface area contributed by atoms with E-state index >= 15 is 0 Å². The topological polar surface area (TPSA) is 554 Å². The number of hydrogen-bond donors (Lipinski definition) is 10. The lowest BCUT2D eigenvalue weighted by Crippen LogP contribution is -2.53. The molecular formula is C87H149N11O32. The number of carboxylic acids is 1. The SMILES string of the molecule is CC(C)(C)OC(=O)CC[C@H](NC(=O)N[C@@H](CCCCNC(=O)COCCOCCOCCOCCNC(=O)CCN(CCC(=O)NCCOCCOCCOCCOCC(=O)NCCCC[C@H](NC(=O)N[C@@H](CCC(=O)OC(C)(C)C)C(=O)OC(C)(C)C)C(=O)OC(C)(C)C)C(=O)CC[C@H](NC(=O)CCCN1C(=O)C=CC1=O)C(=O)O)C(=O)OC(C)(C)C)C(=O)OC(C)(C)C. The van der Waals surface area contributed by atoms with E-state index in [-0.39, 0.29) is 222 Å². The molecule has 43 heteroatoms. The minimum absolute atomic E-state index is 0.0546. The van der Waals surface area contributed by atoms with Gasteiger partial charge < -0.3 is 124 Å². The molecule has 43 nitrogen and oxygen atoms in total. The molecule has 0 bridgehead atoms. The number of amides is 12. The van der Waals surface area contributed by atoms with Crippen LogP contribution in [-0.2, 0) is 138 Å². The second kappa shape index (κ2) is 63.3. The molecule has 0 aromatic heterocycles. The van der Waals surface area contributed by atoms with Crippen LogP contribution in [0.4, 0.5) is 9.59 Å². The molecule has 1 aliphatic rings. The number of ether oxygens (including phenoxy) is 14. The number of nitrogens with one attached hydrogen (secondary N) is 9. The largest absolute Gasteiger partial charge is 0.480 e. The van der Waals surface area contributed by atoms with Crippen molar-refractivity contribution in [3.8, 4) is 0 Å². The molecule has 130 heavy (non-hydrogen) atoms. The van der Waals surface area contributed by atoms with Gasteiger partial charge in [0.05, 0.1) is 92.5 Å². The van der Waals surface area contributed by atoms with E-state index in [9.17, 15) is 86.6 Å². The quantitative estimate of drug-likeness (QED) is 0.0181. The molecule has 744 valence electrons. The lowest BCUT2D eigenvalue weighted by Gasteiger charge is -2.27. The van der Waals surface area contributed by atoms with E-state index < -0.39 is 171 Å². The highest BCUT2D eigenvalue weighted by Crippen LogP contribution is 2.20. The average molecular weight is 1860 g/mol.